The Morgan fingerprint density at radius 1 is 1.48 bits per heavy atom. The molecule has 0 radical (unpaired) electrons. The summed E-state index contributed by atoms with van der Waals surface area (Å²) in [5.74, 6) is 0.534. The molecule has 1 aromatic heterocycles. The number of carbonyl (C=O) groups excluding carboxylic acids is 1. The first-order chi connectivity index (χ1) is 11.7. The van der Waals surface area contributed by atoms with Crippen molar-refractivity contribution in [1.82, 2.24) is 14.9 Å². The second-order valence-electron chi connectivity index (χ2n) is 7.10. The Bertz CT molecular complexity index is 810. The van der Waals surface area contributed by atoms with E-state index in [9.17, 15) is 14.9 Å². The van der Waals surface area contributed by atoms with Gasteiger partial charge in [0.15, 0.2) is 0 Å². The number of hydrogen-bond acceptors (Lipinski definition) is 6. The molecule has 1 saturated heterocycles. The van der Waals surface area contributed by atoms with E-state index in [-0.39, 0.29) is 17.8 Å². The summed E-state index contributed by atoms with van der Waals surface area (Å²) in [7, 11) is 0. The number of ether oxygens (including phenoxy) is 1. The Hall–Kier alpha value is -2.84. The minimum Gasteiger partial charge on any atom is -0.444 e. The highest BCUT2D eigenvalue weighted by Gasteiger charge is 2.30. The van der Waals surface area contributed by atoms with Gasteiger partial charge in [0.05, 0.1) is 16.0 Å². The first-order valence-corrected chi connectivity index (χ1v) is 8.10. The Balaban J connectivity index is 1.64. The molecule has 9 nitrogen and oxygen atoms in total. The van der Waals surface area contributed by atoms with Crippen LogP contribution in [0.4, 0.5) is 16.4 Å². The molecule has 1 unspecified atom stereocenters. The van der Waals surface area contributed by atoms with Crippen molar-refractivity contribution < 1.29 is 14.5 Å². The van der Waals surface area contributed by atoms with Crippen LogP contribution in [0.25, 0.3) is 11.0 Å². The van der Waals surface area contributed by atoms with Crippen molar-refractivity contribution in [3.8, 4) is 0 Å². The number of imidazole rings is 1. The third-order valence-corrected chi connectivity index (χ3v) is 3.86. The average molecular weight is 347 g/mol. The van der Waals surface area contributed by atoms with Crippen LogP contribution in [-0.2, 0) is 4.74 Å². The quantitative estimate of drug-likeness (QED) is 0.652. The molecule has 1 aromatic carbocycles. The van der Waals surface area contributed by atoms with Crippen LogP contribution in [0.15, 0.2) is 18.2 Å². The summed E-state index contributed by atoms with van der Waals surface area (Å²) < 4.78 is 5.38. The van der Waals surface area contributed by atoms with E-state index in [1.165, 1.54) is 12.1 Å². The zero-order valence-electron chi connectivity index (χ0n) is 14.4. The van der Waals surface area contributed by atoms with E-state index in [1.54, 1.807) is 11.0 Å². The normalized spacial score (nSPS) is 17.7. The van der Waals surface area contributed by atoms with Crippen LogP contribution in [-0.4, -0.2) is 50.6 Å². The summed E-state index contributed by atoms with van der Waals surface area (Å²) in [6.07, 6.45) is 0.452. The molecule has 1 aliphatic rings. The Labute approximate surface area is 144 Å². The highest BCUT2D eigenvalue weighted by atomic mass is 16.6. The van der Waals surface area contributed by atoms with Gasteiger partial charge >= 0.3 is 6.09 Å². The number of likely N-dealkylation sites (tertiary alicyclic amines) is 1. The number of rotatable bonds is 3. The number of non-ortho nitro benzene ring substituents is 1. The van der Waals surface area contributed by atoms with Gasteiger partial charge in [-0.1, -0.05) is 0 Å². The van der Waals surface area contributed by atoms with E-state index in [0.29, 0.717) is 30.1 Å². The Morgan fingerprint density at radius 3 is 2.92 bits per heavy atom. The summed E-state index contributed by atoms with van der Waals surface area (Å²) >= 11 is 0. The molecule has 2 heterocycles. The summed E-state index contributed by atoms with van der Waals surface area (Å²) in [6.45, 7) is 6.64. The van der Waals surface area contributed by atoms with E-state index in [4.69, 9.17) is 4.74 Å². The van der Waals surface area contributed by atoms with Gasteiger partial charge in [0.2, 0.25) is 5.95 Å². The van der Waals surface area contributed by atoms with E-state index >= 15 is 0 Å². The van der Waals surface area contributed by atoms with Crippen molar-refractivity contribution in [1.29, 1.82) is 0 Å². The first-order valence-electron chi connectivity index (χ1n) is 8.10. The molecule has 0 saturated carbocycles. The fraction of sp³-hybridized carbons (Fsp3) is 0.500. The SMILES string of the molecule is CC(C)(C)OC(=O)N1CCC(Nc2nc3ccc([N+](=O)[O-])cc3[nH]2)C1. The predicted octanol–water partition coefficient (Wildman–Crippen LogP) is 2.89. The molecule has 1 amide bonds. The van der Waals surface area contributed by atoms with Gasteiger partial charge < -0.3 is 19.9 Å². The van der Waals surface area contributed by atoms with Gasteiger partial charge in [-0.05, 0) is 33.3 Å². The Kier molecular flexibility index (Phi) is 4.23. The van der Waals surface area contributed by atoms with Crippen molar-refractivity contribution in [3.05, 3.63) is 28.3 Å². The standard InChI is InChI=1S/C16H21N5O4/c1-16(2,3)25-15(22)20-7-6-10(9-20)17-14-18-12-5-4-11(21(23)24)8-13(12)19-14/h4-5,8,10H,6-7,9H2,1-3H3,(H2,17,18,19). The minimum absolute atomic E-state index is 0.0136. The molecule has 0 bridgehead atoms. The number of carbonyl (C=O) groups is 1. The fourth-order valence-electron chi connectivity index (χ4n) is 2.74. The van der Waals surface area contributed by atoms with Crippen LogP contribution in [0, 0.1) is 10.1 Å². The summed E-state index contributed by atoms with van der Waals surface area (Å²) in [5, 5.41) is 14.1. The molecule has 25 heavy (non-hydrogen) atoms. The lowest BCUT2D eigenvalue weighted by Crippen LogP contribution is -2.36. The second kappa shape index (κ2) is 6.23. The number of benzene rings is 1. The molecule has 2 N–H and O–H groups in total. The van der Waals surface area contributed by atoms with Gasteiger partial charge in [0.1, 0.15) is 5.60 Å². The maximum atomic E-state index is 12.1. The smallest absolute Gasteiger partial charge is 0.410 e. The molecular weight excluding hydrogens is 326 g/mol. The van der Waals surface area contributed by atoms with Gasteiger partial charge in [-0.25, -0.2) is 9.78 Å². The van der Waals surface area contributed by atoms with Crippen molar-refractivity contribution in [2.24, 2.45) is 0 Å². The average Bonchev–Trinajstić information content (AvgIpc) is 3.11. The predicted molar refractivity (Wildman–Crippen MR) is 92.6 cm³/mol. The molecule has 0 aliphatic carbocycles. The third kappa shape index (κ3) is 3.98. The number of aromatic nitrogens is 2. The zero-order chi connectivity index (χ0) is 18.2. The number of nitrogens with one attached hydrogen (secondary N) is 2. The van der Waals surface area contributed by atoms with Gasteiger partial charge in [-0.3, -0.25) is 10.1 Å². The molecule has 1 aliphatic heterocycles. The maximum Gasteiger partial charge on any atom is 0.410 e. The molecule has 134 valence electrons. The lowest BCUT2D eigenvalue weighted by molar-refractivity contribution is -0.384. The number of H-pyrrole nitrogens is 1. The molecule has 3 rings (SSSR count). The molecular formula is C16H21N5O4. The number of nitro benzene ring substituents is 1. The van der Waals surface area contributed by atoms with Crippen LogP contribution in [0.3, 0.4) is 0 Å². The molecule has 1 fully saturated rings. The van der Waals surface area contributed by atoms with Crippen molar-refractivity contribution in [3.63, 3.8) is 0 Å². The third-order valence-electron chi connectivity index (χ3n) is 3.86. The number of fused-ring (bicyclic) bond motifs is 1. The van der Waals surface area contributed by atoms with Gasteiger partial charge in [0, 0.05) is 31.3 Å². The van der Waals surface area contributed by atoms with E-state index in [1.807, 2.05) is 20.8 Å². The topological polar surface area (TPSA) is 113 Å². The highest BCUT2D eigenvalue weighted by Crippen LogP contribution is 2.22. The lowest BCUT2D eigenvalue weighted by atomic mass is 10.2. The van der Waals surface area contributed by atoms with Crippen molar-refractivity contribution in [2.75, 3.05) is 18.4 Å². The van der Waals surface area contributed by atoms with Crippen LogP contribution in [0.5, 0.6) is 0 Å². The number of anilines is 1. The summed E-state index contributed by atoms with van der Waals surface area (Å²) in [6, 6.07) is 4.53. The van der Waals surface area contributed by atoms with Gasteiger partial charge in [-0.15, -0.1) is 0 Å². The molecule has 2 aromatic rings. The fourth-order valence-corrected chi connectivity index (χ4v) is 2.74. The molecule has 9 heteroatoms. The van der Waals surface area contributed by atoms with Crippen molar-refractivity contribution >= 4 is 28.8 Å². The van der Waals surface area contributed by atoms with E-state index in [2.05, 4.69) is 15.3 Å². The molecule has 1 atom stereocenters. The summed E-state index contributed by atoms with van der Waals surface area (Å²) in [5.41, 5.74) is 0.740. The van der Waals surface area contributed by atoms with E-state index < -0.39 is 10.5 Å². The van der Waals surface area contributed by atoms with Crippen LogP contribution in [0.2, 0.25) is 0 Å². The maximum absolute atomic E-state index is 12.1. The van der Waals surface area contributed by atoms with Crippen LogP contribution < -0.4 is 5.32 Å². The minimum atomic E-state index is -0.518. The van der Waals surface area contributed by atoms with Gasteiger partial charge in [0.25, 0.3) is 5.69 Å². The van der Waals surface area contributed by atoms with Crippen LogP contribution >= 0.6 is 0 Å². The second-order valence-corrected chi connectivity index (χ2v) is 7.10. The van der Waals surface area contributed by atoms with Crippen molar-refractivity contribution in [2.45, 2.75) is 38.8 Å². The largest absolute Gasteiger partial charge is 0.444 e. The monoisotopic (exact) mass is 347 g/mol. The number of amides is 1. The van der Waals surface area contributed by atoms with Crippen LogP contribution in [0.1, 0.15) is 27.2 Å². The number of nitrogens with zero attached hydrogens (tertiary/aromatic N) is 3. The number of hydrogen-bond donors (Lipinski definition) is 2. The Morgan fingerprint density at radius 2 is 2.24 bits per heavy atom. The summed E-state index contributed by atoms with van der Waals surface area (Å²) in [4.78, 5) is 31.6. The first kappa shape index (κ1) is 17.0. The highest BCUT2D eigenvalue weighted by molar-refractivity contribution is 5.80. The van der Waals surface area contributed by atoms with Gasteiger partial charge in [-0.2, -0.15) is 0 Å². The zero-order valence-corrected chi connectivity index (χ0v) is 14.4. The van der Waals surface area contributed by atoms with E-state index in [0.717, 1.165) is 6.42 Å². The molecule has 0 spiro atoms. The lowest BCUT2D eigenvalue weighted by Gasteiger charge is -2.24. The number of aromatic amines is 1. The number of nitro groups is 1.